The molecule has 1 unspecified atom stereocenters. The highest BCUT2D eigenvalue weighted by Crippen LogP contribution is 2.34. The Morgan fingerprint density at radius 3 is 1.80 bits per heavy atom. The lowest BCUT2D eigenvalue weighted by molar-refractivity contribution is -0.117. The van der Waals surface area contributed by atoms with Crippen LogP contribution in [0.25, 0.3) is 0 Å². The number of carbonyl (C=O) groups excluding carboxylic acids is 1. The third-order valence-electron chi connectivity index (χ3n) is 3.70. The fourth-order valence-corrected chi connectivity index (χ4v) is 2.74. The Morgan fingerprint density at radius 2 is 1.30 bits per heavy atom. The molecule has 1 atom stereocenters. The molecule has 1 nitrogen and oxygen atoms in total. The Balaban J connectivity index is 2.07. The molecule has 98 valence electrons. The van der Waals surface area contributed by atoms with E-state index in [9.17, 15) is 4.79 Å². The summed E-state index contributed by atoms with van der Waals surface area (Å²) in [7, 11) is 0. The van der Waals surface area contributed by atoms with Gasteiger partial charge < -0.3 is 0 Å². The summed E-state index contributed by atoms with van der Waals surface area (Å²) in [5.74, 6) is 0.126. The maximum Gasteiger partial charge on any atom is 0.163 e. The first-order valence-corrected chi connectivity index (χ1v) is 6.85. The van der Waals surface area contributed by atoms with E-state index in [0.29, 0.717) is 0 Å². The molecule has 0 aromatic heterocycles. The summed E-state index contributed by atoms with van der Waals surface area (Å²) in [6.07, 6.45) is 7.45. The molecule has 1 heteroatoms. The van der Waals surface area contributed by atoms with Crippen LogP contribution in [0.1, 0.15) is 17.0 Å². The normalized spacial score (nSPS) is 17.6. The van der Waals surface area contributed by atoms with Crippen molar-refractivity contribution < 1.29 is 4.79 Å². The summed E-state index contributed by atoms with van der Waals surface area (Å²) in [4.78, 5) is 12.2. The minimum atomic E-state index is -0.121. The van der Waals surface area contributed by atoms with Gasteiger partial charge in [0.15, 0.2) is 5.78 Å². The molecule has 3 rings (SSSR count). The summed E-state index contributed by atoms with van der Waals surface area (Å²) in [5, 5.41) is 0. The molecular weight excluding hydrogens is 244 g/mol. The predicted molar refractivity (Wildman–Crippen MR) is 81.5 cm³/mol. The predicted octanol–water partition coefficient (Wildman–Crippen LogP) is 4.13. The Bertz CT molecular complexity index is 598. The number of benzene rings is 2. The molecule has 2 aromatic rings. The maximum atomic E-state index is 12.2. The van der Waals surface area contributed by atoms with Crippen molar-refractivity contribution in [1.29, 1.82) is 0 Å². The van der Waals surface area contributed by atoms with Gasteiger partial charge in [-0.25, -0.2) is 0 Å². The molecule has 0 heterocycles. The van der Waals surface area contributed by atoms with Crippen LogP contribution in [0, 0.1) is 5.92 Å². The topological polar surface area (TPSA) is 17.1 Å². The van der Waals surface area contributed by atoms with Crippen molar-refractivity contribution in [2.24, 2.45) is 5.92 Å². The SMILES string of the molecule is O=C1C=CC=CC1C(c1ccccc1)c1ccccc1. The van der Waals surface area contributed by atoms with Gasteiger partial charge in [0, 0.05) is 5.92 Å². The number of carbonyl (C=O) groups is 1. The molecular formula is C19H16O. The zero-order valence-electron chi connectivity index (χ0n) is 11.1. The lowest BCUT2D eigenvalue weighted by Gasteiger charge is -2.25. The third kappa shape index (κ3) is 2.48. The zero-order chi connectivity index (χ0) is 13.8. The summed E-state index contributed by atoms with van der Waals surface area (Å²) < 4.78 is 0. The molecule has 0 spiro atoms. The van der Waals surface area contributed by atoms with Crippen LogP contribution in [-0.4, -0.2) is 5.78 Å². The van der Waals surface area contributed by atoms with Crippen LogP contribution in [-0.2, 0) is 4.79 Å². The van der Waals surface area contributed by atoms with E-state index in [1.54, 1.807) is 6.08 Å². The van der Waals surface area contributed by atoms with Gasteiger partial charge in [0.05, 0.1) is 5.92 Å². The standard InChI is InChI=1S/C19H16O/c20-18-14-8-7-13-17(18)19(15-9-3-1-4-10-15)16-11-5-2-6-12-16/h1-14,17,19H. The molecule has 0 amide bonds. The van der Waals surface area contributed by atoms with E-state index in [1.807, 2.05) is 54.6 Å². The van der Waals surface area contributed by atoms with Crippen LogP contribution in [0.15, 0.2) is 85.0 Å². The van der Waals surface area contributed by atoms with Gasteiger partial charge in [0.1, 0.15) is 0 Å². The van der Waals surface area contributed by atoms with E-state index in [-0.39, 0.29) is 17.6 Å². The fourth-order valence-electron chi connectivity index (χ4n) is 2.74. The second kappa shape index (κ2) is 5.70. The molecule has 0 fully saturated rings. The van der Waals surface area contributed by atoms with Gasteiger partial charge in [-0.05, 0) is 17.2 Å². The number of allylic oxidation sites excluding steroid dienone is 4. The average molecular weight is 260 g/mol. The monoisotopic (exact) mass is 260 g/mol. The second-order valence-electron chi connectivity index (χ2n) is 4.97. The first-order chi connectivity index (χ1) is 9.86. The largest absolute Gasteiger partial charge is 0.294 e. The summed E-state index contributed by atoms with van der Waals surface area (Å²) in [6, 6.07) is 20.5. The first-order valence-electron chi connectivity index (χ1n) is 6.85. The maximum absolute atomic E-state index is 12.2. The van der Waals surface area contributed by atoms with Crippen LogP contribution in [0.4, 0.5) is 0 Å². The Morgan fingerprint density at radius 1 is 0.750 bits per heavy atom. The number of hydrogen-bond donors (Lipinski definition) is 0. The Labute approximate surface area is 119 Å². The van der Waals surface area contributed by atoms with Crippen molar-refractivity contribution in [3.05, 3.63) is 96.1 Å². The van der Waals surface area contributed by atoms with E-state index < -0.39 is 0 Å². The zero-order valence-corrected chi connectivity index (χ0v) is 11.1. The molecule has 20 heavy (non-hydrogen) atoms. The van der Waals surface area contributed by atoms with Crippen LogP contribution in [0.5, 0.6) is 0 Å². The van der Waals surface area contributed by atoms with Crippen molar-refractivity contribution >= 4 is 5.78 Å². The molecule has 0 saturated carbocycles. The minimum absolute atomic E-state index is 0.0751. The number of rotatable bonds is 3. The highest BCUT2D eigenvalue weighted by atomic mass is 16.1. The van der Waals surface area contributed by atoms with Crippen molar-refractivity contribution in [3.8, 4) is 0 Å². The van der Waals surface area contributed by atoms with E-state index in [0.717, 1.165) is 0 Å². The van der Waals surface area contributed by atoms with Crippen molar-refractivity contribution in [2.75, 3.05) is 0 Å². The van der Waals surface area contributed by atoms with Crippen LogP contribution < -0.4 is 0 Å². The van der Waals surface area contributed by atoms with Crippen LogP contribution >= 0.6 is 0 Å². The number of hydrogen-bond acceptors (Lipinski definition) is 1. The van der Waals surface area contributed by atoms with Gasteiger partial charge in [-0.2, -0.15) is 0 Å². The second-order valence-corrected chi connectivity index (χ2v) is 4.97. The Kier molecular flexibility index (Phi) is 3.60. The molecule has 1 aliphatic carbocycles. The lowest BCUT2D eigenvalue weighted by Crippen LogP contribution is -2.21. The number of ketones is 1. The van der Waals surface area contributed by atoms with Gasteiger partial charge in [0.25, 0.3) is 0 Å². The molecule has 0 saturated heterocycles. The molecule has 0 N–H and O–H groups in total. The fraction of sp³-hybridized carbons (Fsp3) is 0.105. The molecule has 0 bridgehead atoms. The molecule has 1 aliphatic rings. The van der Waals surface area contributed by atoms with E-state index in [2.05, 4.69) is 24.3 Å². The van der Waals surface area contributed by atoms with Gasteiger partial charge in [-0.15, -0.1) is 0 Å². The highest BCUT2D eigenvalue weighted by molar-refractivity contribution is 5.95. The quantitative estimate of drug-likeness (QED) is 0.811. The van der Waals surface area contributed by atoms with Gasteiger partial charge in [0.2, 0.25) is 0 Å². The highest BCUT2D eigenvalue weighted by Gasteiger charge is 2.28. The summed E-state index contributed by atoms with van der Waals surface area (Å²) in [5.41, 5.74) is 2.36. The van der Waals surface area contributed by atoms with Crippen molar-refractivity contribution in [1.82, 2.24) is 0 Å². The van der Waals surface area contributed by atoms with Gasteiger partial charge in [-0.1, -0.05) is 78.9 Å². The summed E-state index contributed by atoms with van der Waals surface area (Å²) in [6.45, 7) is 0. The van der Waals surface area contributed by atoms with Gasteiger partial charge >= 0.3 is 0 Å². The van der Waals surface area contributed by atoms with E-state index in [1.165, 1.54) is 11.1 Å². The van der Waals surface area contributed by atoms with Crippen molar-refractivity contribution in [3.63, 3.8) is 0 Å². The molecule has 2 aromatic carbocycles. The minimum Gasteiger partial charge on any atom is -0.294 e. The lowest BCUT2D eigenvalue weighted by atomic mass is 9.77. The average Bonchev–Trinajstić information content (AvgIpc) is 2.52. The van der Waals surface area contributed by atoms with Crippen molar-refractivity contribution in [2.45, 2.75) is 5.92 Å². The van der Waals surface area contributed by atoms with E-state index in [4.69, 9.17) is 0 Å². The van der Waals surface area contributed by atoms with Gasteiger partial charge in [-0.3, -0.25) is 4.79 Å². The third-order valence-corrected chi connectivity index (χ3v) is 3.70. The van der Waals surface area contributed by atoms with Crippen LogP contribution in [0.3, 0.4) is 0 Å². The smallest absolute Gasteiger partial charge is 0.163 e. The first kappa shape index (κ1) is 12.6. The molecule has 0 radical (unpaired) electrons. The van der Waals surface area contributed by atoms with Crippen LogP contribution in [0.2, 0.25) is 0 Å². The molecule has 0 aliphatic heterocycles. The van der Waals surface area contributed by atoms with E-state index >= 15 is 0 Å². The summed E-state index contributed by atoms with van der Waals surface area (Å²) >= 11 is 0. The Hall–Kier alpha value is -2.41.